The van der Waals surface area contributed by atoms with Crippen molar-refractivity contribution in [2.24, 2.45) is 0 Å². The minimum atomic E-state index is -4.44. The average molecular weight is 277 g/mol. The van der Waals surface area contributed by atoms with E-state index in [2.05, 4.69) is 4.98 Å². The Hall–Kier alpha value is -1.38. The first-order valence-corrected chi connectivity index (χ1v) is 5.63. The first-order valence-electron chi connectivity index (χ1n) is 5.63. The van der Waals surface area contributed by atoms with Gasteiger partial charge in [0.25, 0.3) is 0 Å². The van der Waals surface area contributed by atoms with Crippen molar-refractivity contribution >= 4 is 5.82 Å². The van der Waals surface area contributed by atoms with Crippen LogP contribution in [-0.4, -0.2) is 41.2 Å². The fourth-order valence-electron chi connectivity index (χ4n) is 1.96. The molecule has 2 atom stereocenters. The Morgan fingerprint density at radius 3 is 2.68 bits per heavy atom. The summed E-state index contributed by atoms with van der Waals surface area (Å²) in [6.07, 6.45) is -4.34. The molecule has 2 heterocycles. The Balaban J connectivity index is 2.28. The van der Waals surface area contributed by atoms with Gasteiger partial charge in [-0.1, -0.05) is 0 Å². The van der Waals surface area contributed by atoms with Crippen LogP contribution in [0.4, 0.5) is 19.0 Å². The number of pyridine rings is 1. The summed E-state index contributed by atoms with van der Waals surface area (Å²) in [5.74, 6) is 0.0636. The molecular weight excluding hydrogens is 263 g/mol. The lowest BCUT2D eigenvalue weighted by Crippen LogP contribution is -2.35. The van der Waals surface area contributed by atoms with Gasteiger partial charge in [0, 0.05) is 6.20 Å². The molecule has 8 heteroatoms. The van der Waals surface area contributed by atoms with Gasteiger partial charge in [-0.3, -0.25) is 0 Å². The van der Waals surface area contributed by atoms with Gasteiger partial charge >= 0.3 is 6.18 Å². The second-order valence-electron chi connectivity index (χ2n) is 4.27. The Bertz CT molecular complexity index is 455. The molecule has 5 nitrogen and oxygen atoms in total. The van der Waals surface area contributed by atoms with Crippen LogP contribution in [0, 0.1) is 0 Å². The van der Waals surface area contributed by atoms with Crippen LogP contribution in [0.25, 0.3) is 0 Å². The van der Waals surface area contributed by atoms with E-state index >= 15 is 0 Å². The number of hydroxylamine groups is 2. The van der Waals surface area contributed by atoms with Gasteiger partial charge < -0.3 is 14.8 Å². The van der Waals surface area contributed by atoms with Crippen molar-refractivity contribution in [1.29, 1.82) is 0 Å². The Morgan fingerprint density at radius 1 is 1.47 bits per heavy atom. The van der Waals surface area contributed by atoms with Crippen molar-refractivity contribution in [2.75, 3.05) is 18.7 Å². The van der Waals surface area contributed by atoms with Gasteiger partial charge in [0.2, 0.25) is 0 Å². The molecule has 1 aliphatic heterocycles. The van der Waals surface area contributed by atoms with Gasteiger partial charge in [0.05, 0.1) is 25.4 Å². The molecule has 19 heavy (non-hydrogen) atoms. The fourth-order valence-corrected chi connectivity index (χ4v) is 1.96. The topological polar surface area (TPSA) is 48.8 Å². The molecule has 1 aromatic rings. The summed E-state index contributed by atoms with van der Waals surface area (Å²) >= 11 is 0. The summed E-state index contributed by atoms with van der Waals surface area (Å²) in [6, 6.07) is 1.44. The van der Waals surface area contributed by atoms with Gasteiger partial charge in [-0.25, -0.2) is 4.98 Å². The SMILES string of the molecule is CON1CN(c2cc(C(F)(F)F)ccn2)C(O)C1C. The number of alkyl halides is 3. The van der Waals surface area contributed by atoms with Crippen molar-refractivity contribution in [3.8, 4) is 0 Å². The maximum absolute atomic E-state index is 12.6. The third-order valence-corrected chi connectivity index (χ3v) is 3.10. The predicted molar refractivity (Wildman–Crippen MR) is 60.9 cm³/mol. The first-order chi connectivity index (χ1) is 8.84. The second-order valence-corrected chi connectivity index (χ2v) is 4.27. The number of hydrogen-bond donors (Lipinski definition) is 1. The van der Waals surface area contributed by atoms with E-state index in [0.29, 0.717) is 0 Å². The molecule has 0 saturated carbocycles. The summed E-state index contributed by atoms with van der Waals surface area (Å²) in [4.78, 5) is 10.2. The van der Waals surface area contributed by atoms with Crippen LogP contribution in [0.2, 0.25) is 0 Å². The summed E-state index contributed by atoms with van der Waals surface area (Å²) in [5.41, 5.74) is -0.798. The van der Waals surface area contributed by atoms with E-state index in [1.54, 1.807) is 6.92 Å². The third-order valence-electron chi connectivity index (χ3n) is 3.10. The maximum Gasteiger partial charge on any atom is 0.416 e. The van der Waals surface area contributed by atoms with Gasteiger partial charge in [0.1, 0.15) is 12.0 Å². The van der Waals surface area contributed by atoms with Gasteiger partial charge in [-0.15, -0.1) is 0 Å². The number of rotatable bonds is 2. The van der Waals surface area contributed by atoms with Crippen molar-refractivity contribution in [2.45, 2.75) is 25.4 Å². The van der Waals surface area contributed by atoms with Crippen molar-refractivity contribution in [3.05, 3.63) is 23.9 Å². The van der Waals surface area contributed by atoms with Crippen LogP contribution >= 0.6 is 0 Å². The molecular formula is C11H14F3N3O2. The van der Waals surface area contributed by atoms with E-state index < -0.39 is 18.0 Å². The van der Waals surface area contributed by atoms with E-state index in [0.717, 1.165) is 18.3 Å². The standard InChI is InChI=1S/C11H14F3N3O2/c1-7-10(18)16(6-17(7)19-2)9-5-8(3-4-15-9)11(12,13)14/h3-5,7,10,18H,6H2,1-2H3. The van der Waals surface area contributed by atoms with E-state index in [1.165, 1.54) is 17.1 Å². The van der Waals surface area contributed by atoms with Crippen LogP contribution in [0.1, 0.15) is 12.5 Å². The number of aliphatic hydroxyl groups excluding tert-OH is 1. The molecule has 0 amide bonds. The third kappa shape index (κ3) is 2.65. The summed E-state index contributed by atoms with van der Waals surface area (Å²) in [7, 11) is 1.44. The number of aliphatic hydroxyl groups is 1. The van der Waals surface area contributed by atoms with Crippen molar-refractivity contribution < 1.29 is 23.1 Å². The molecule has 0 spiro atoms. The van der Waals surface area contributed by atoms with Gasteiger partial charge in [0.15, 0.2) is 0 Å². The number of anilines is 1. The largest absolute Gasteiger partial charge is 0.416 e. The van der Waals surface area contributed by atoms with Crippen LogP contribution in [0.15, 0.2) is 18.3 Å². The summed E-state index contributed by atoms with van der Waals surface area (Å²) in [5, 5.41) is 11.5. The highest BCUT2D eigenvalue weighted by Crippen LogP contribution is 2.32. The Kier molecular flexibility index (Phi) is 3.66. The van der Waals surface area contributed by atoms with Gasteiger partial charge in [-0.2, -0.15) is 18.2 Å². The zero-order valence-electron chi connectivity index (χ0n) is 10.4. The van der Waals surface area contributed by atoms with Crippen molar-refractivity contribution in [3.63, 3.8) is 0 Å². The smallest absolute Gasteiger partial charge is 0.372 e. The molecule has 2 rings (SSSR count). The van der Waals surface area contributed by atoms with E-state index in [9.17, 15) is 18.3 Å². The summed E-state index contributed by atoms with van der Waals surface area (Å²) < 4.78 is 37.9. The minimum Gasteiger partial charge on any atom is -0.372 e. The molecule has 1 saturated heterocycles. The monoisotopic (exact) mass is 277 g/mol. The number of aromatic nitrogens is 1. The molecule has 106 valence electrons. The molecule has 1 fully saturated rings. The molecule has 0 aliphatic carbocycles. The van der Waals surface area contributed by atoms with Crippen LogP contribution in [-0.2, 0) is 11.0 Å². The Labute approximate surface area is 108 Å². The minimum absolute atomic E-state index is 0.0636. The first kappa shape index (κ1) is 14.0. The fraction of sp³-hybridized carbons (Fsp3) is 0.545. The molecule has 1 N–H and O–H groups in total. The Morgan fingerprint density at radius 2 is 2.16 bits per heavy atom. The lowest BCUT2D eigenvalue weighted by atomic mass is 10.2. The maximum atomic E-state index is 12.6. The molecule has 1 aromatic heterocycles. The molecule has 0 bridgehead atoms. The highest BCUT2D eigenvalue weighted by Gasteiger charge is 2.38. The van der Waals surface area contributed by atoms with Crippen LogP contribution < -0.4 is 4.90 Å². The highest BCUT2D eigenvalue weighted by atomic mass is 19.4. The predicted octanol–water partition coefficient (Wildman–Crippen LogP) is 1.45. The highest BCUT2D eigenvalue weighted by molar-refractivity contribution is 5.43. The second kappa shape index (κ2) is 4.95. The quantitative estimate of drug-likeness (QED) is 0.886. The number of nitrogens with zero attached hydrogens (tertiary/aromatic N) is 3. The number of halogens is 3. The van der Waals surface area contributed by atoms with E-state index in [1.807, 2.05) is 0 Å². The van der Waals surface area contributed by atoms with E-state index in [-0.39, 0.29) is 18.5 Å². The molecule has 0 radical (unpaired) electrons. The lowest BCUT2D eigenvalue weighted by molar-refractivity contribution is -0.146. The molecule has 2 unspecified atom stereocenters. The van der Waals surface area contributed by atoms with Crippen LogP contribution in [0.3, 0.4) is 0 Å². The van der Waals surface area contributed by atoms with Crippen molar-refractivity contribution in [1.82, 2.24) is 10.0 Å². The van der Waals surface area contributed by atoms with E-state index in [4.69, 9.17) is 4.84 Å². The van der Waals surface area contributed by atoms with Gasteiger partial charge in [-0.05, 0) is 19.1 Å². The zero-order valence-corrected chi connectivity index (χ0v) is 10.4. The van der Waals surface area contributed by atoms with Crippen LogP contribution in [0.5, 0.6) is 0 Å². The lowest BCUT2D eigenvalue weighted by Gasteiger charge is -2.21. The zero-order chi connectivity index (χ0) is 14.2. The molecule has 0 aromatic carbocycles. The normalized spacial score (nSPS) is 25.1. The average Bonchev–Trinajstić information content (AvgIpc) is 2.65. The number of hydrogen-bond acceptors (Lipinski definition) is 5. The summed E-state index contributed by atoms with van der Waals surface area (Å²) in [6.45, 7) is 1.86. The molecule has 1 aliphatic rings.